The fourth-order valence-corrected chi connectivity index (χ4v) is 1.77. The fourth-order valence-electron chi connectivity index (χ4n) is 1.77. The van der Waals surface area contributed by atoms with Crippen LogP contribution in [-0.4, -0.2) is 29.7 Å². The lowest BCUT2D eigenvalue weighted by molar-refractivity contribution is -0.144. The van der Waals surface area contributed by atoms with Crippen molar-refractivity contribution in [3.8, 4) is 11.3 Å². The van der Waals surface area contributed by atoms with Gasteiger partial charge in [0.05, 0.1) is 12.2 Å². The van der Waals surface area contributed by atoms with Crippen molar-refractivity contribution in [3.63, 3.8) is 0 Å². The van der Waals surface area contributed by atoms with Crippen LogP contribution in [0.15, 0.2) is 34.9 Å². The van der Waals surface area contributed by atoms with Crippen LogP contribution in [-0.2, 0) is 9.53 Å². The number of amides is 1. The third-order valence-electron chi connectivity index (χ3n) is 2.87. The highest BCUT2D eigenvalue weighted by molar-refractivity contribution is 5.95. The smallest absolute Gasteiger partial charge is 0.328 e. The lowest BCUT2D eigenvalue weighted by Crippen LogP contribution is -2.39. The second-order valence-corrected chi connectivity index (χ2v) is 4.50. The van der Waals surface area contributed by atoms with E-state index < -0.39 is 23.7 Å². The zero-order valence-electron chi connectivity index (χ0n) is 12.1. The number of esters is 1. The Morgan fingerprint density at radius 2 is 2.14 bits per heavy atom. The van der Waals surface area contributed by atoms with Gasteiger partial charge in [-0.3, -0.25) is 4.79 Å². The van der Waals surface area contributed by atoms with E-state index in [-0.39, 0.29) is 23.6 Å². The number of aromatic nitrogens is 1. The van der Waals surface area contributed by atoms with E-state index in [4.69, 9.17) is 9.26 Å². The van der Waals surface area contributed by atoms with Gasteiger partial charge in [-0.15, -0.1) is 0 Å². The van der Waals surface area contributed by atoms with Gasteiger partial charge in [0.1, 0.15) is 11.9 Å². The maximum absolute atomic E-state index is 13.6. The van der Waals surface area contributed by atoms with Gasteiger partial charge in [0.2, 0.25) is 0 Å². The van der Waals surface area contributed by atoms with E-state index >= 15 is 0 Å². The van der Waals surface area contributed by atoms with Crippen molar-refractivity contribution < 1.29 is 23.2 Å². The molecule has 0 bridgehead atoms. The molecule has 1 heterocycles. The summed E-state index contributed by atoms with van der Waals surface area (Å²) >= 11 is 0. The predicted molar refractivity (Wildman–Crippen MR) is 75.5 cm³/mol. The summed E-state index contributed by atoms with van der Waals surface area (Å²) in [6, 6.07) is 6.47. The van der Waals surface area contributed by atoms with Gasteiger partial charge >= 0.3 is 5.97 Å². The molecule has 0 spiro atoms. The molecule has 1 amide bonds. The van der Waals surface area contributed by atoms with Crippen LogP contribution in [0.5, 0.6) is 0 Å². The Morgan fingerprint density at radius 3 is 2.82 bits per heavy atom. The number of carbonyl (C=O) groups is 2. The van der Waals surface area contributed by atoms with Crippen molar-refractivity contribution in [1.29, 1.82) is 0 Å². The number of nitrogens with one attached hydrogen (secondary N) is 1. The van der Waals surface area contributed by atoms with Crippen LogP contribution >= 0.6 is 0 Å². The third-order valence-corrected chi connectivity index (χ3v) is 2.87. The second-order valence-electron chi connectivity index (χ2n) is 4.50. The van der Waals surface area contributed by atoms with Crippen molar-refractivity contribution in [3.05, 3.63) is 41.8 Å². The van der Waals surface area contributed by atoms with Crippen LogP contribution in [0.2, 0.25) is 0 Å². The zero-order valence-corrected chi connectivity index (χ0v) is 12.1. The van der Waals surface area contributed by atoms with Crippen molar-refractivity contribution in [2.24, 2.45) is 0 Å². The fraction of sp³-hybridized carbons (Fsp3) is 0.267. The quantitative estimate of drug-likeness (QED) is 0.856. The summed E-state index contributed by atoms with van der Waals surface area (Å²) in [5.74, 6) is -1.50. The molecule has 0 unspecified atom stereocenters. The summed E-state index contributed by atoms with van der Waals surface area (Å²) in [7, 11) is 0. The van der Waals surface area contributed by atoms with E-state index in [0.29, 0.717) is 0 Å². The molecule has 116 valence electrons. The molecule has 1 atom stereocenters. The minimum Gasteiger partial charge on any atom is -0.464 e. The van der Waals surface area contributed by atoms with Gasteiger partial charge in [0, 0.05) is 6.07 Å². The Bertz CT molecular complexity index is 684. The number of hydrogen-bond acceptors (Lipinski definition) is 5. The highest BCUT2D eigenvalue weighted by Gasteiger charge is 2.21. The molecule has 1 aromatic carbocycles. The molecule has 0 saturated heterocycles. The van der Waals surface area contributed by atoms with Crippen LogP contribution in [0.1, 0.15) is 24.3 Å². The van der Waals surface area contributed by atoms with E-state index in [0.717, 1.165) is 0 Å². The topological polar surface area (TPSA) is 81.4 Å². The Labute approximate surface area is 126 Å². The Kier molecular flexibility index (Phi) is 4.88. The second kappa shape index (κ2) is 6.84. The highest BCUT2D eigenvalue weighted by Crippen LogP contribution is 2.23. The first-order valence-corrected chi connectivity index (χ1v) is 6.72. The van der Waals surface area contributed by atoms with Gasteiger partial charge < -0.3 is 14.6 Å². The van der Waals surface area contributed by atoms with Crippen LogP contribution in [0.4, 0.5) is 4.39 Å². The number of benzene rings is 1. The minimum absolute atomic E-state index is 0.0469. The molecular weight excluding hydrogens is 291 g/mol. The lowest BCUT2D eigenvalue weighted by atomic mass is 10.1. The average molecular weight is 306 g/mol. The Morgan fingerprint density at radius 1 is 1.41 bits per heavy atom. The van der Waals surface area contributed by atoms with Gasteiger partial charge in [-0.1, -0.05) is 17.3 Å². The molecule has 1 aromatic heterocycles. The largest absolute Gasteiger partial charge is 0.464 e. The monoisotopic (exact) mass is 306 g/mol. The molecule has 0 fully saturated rings. The van der Waals surface area contributed by atoms with Gasteiger partial charge in [0.15, 0.2) is 11.5 Å². The number of halogens is 1. The standard InChI is InChI=1S/C15H15FN2O4/c1-3-21-15(20)9(2)17-14(19)12-8-13(22-18-12)10-6-4-5-7-11(10)16/h4-9H,3H2,1-2H3,(H,17,19)/t9-/m1/s1. The van der Waals surface area contributed by atoms with Gasteiger partial charge in [-0.25, -0.2) is 9.18 Å². The lowest BCUT2D eigenvalue weighted by Gasteiger charge is -2.10. The number of ether oxygens (including phenoxy) is 1. The maximum atomic E-state index is 13.6. The SMILES string of the molecule is CCOC(=O)[C@@H](C)NC(=O)c1cc(-c2ccccc2F)on1. The molecule has 0 saturated carbocycles. The van der Waals surface area contributed by atoms with Crippen molar-refractivity contribution >= 4 is 11.9 Å². The van der Waals surface area contributed by atoms with Crippen LogP contribution in [0.25, 0.3) is 11.3 Å². The first-order valence-electron chi connectivity index (χ1n) is 6.72. The summed E-state index contributed by atoms with van der Waals surface area (Å²) in [5, 5.41) is 6.02. The summed E-state index contributed by atoms with van der Waals surface area (Å²) < 4.78 is 23.4. The van der Waals surface area contributed by atoms with Gasteiger partial charge in [-0.2, -0.15) is 0 Å². The number of carbonyl (C=O) groups excluding carboxylic acids is 2. The van der Waals surface area contributed by atoms with E-state index in [1.807, 2.05) is 0 Å². The summed E-state index contributed by atoms with van der Waals surface area (Å²) in [4.78, 5) is 23.4. The first-order chi connectivity index (χ1) is 10.5. The molecule has 0 aliphatic rings. The van der Waals surface area contributed by atoms with Crippen molar-refractivity contribution in [1.82, 2.24) is 10.5 Å². The van der Waals surface area contributed by atoms with Crippen LogP contribution < -0.4 is 5.32 Å². The molecule has 0 aliphatic carbocycles. The Hall–Kier alpha value is -2.70. The summed E-state index contributed by atoms with van der Waals surface area (Å²) in [6.45, 7) is 3.39. The van der Waals surface area contributed by atoms with Gasteiger partial charge in [-0.05, 0) is 26.0 Å². The average Bonchev–Trinajstić information content (AvgIpc) is 2.97. The van der Waals surface area contributed by atoms with Crippen LogP contribution in [0.3, 0.4) is 0 Å². The molecule has 0 radical (unpaired) electrons. The minimum atomic E-state index is -0.818. The third kappa shape index (κ3) is 3.49. The summed E-state index contributed by atoms with van der Waals surface area (Å²) in [6.07, 6.45) is 0. The number of hydrogen-bond donors (Lipinski definition) is 1. The predicted octanol–water partition coefficient (Wildman–Crippen LogP) is 2.16. The van der Waals surface area contributed by atoms with E-state index in [2.05, 4.69) is 10.5 Å². The van der Waals surface area contributed by atoms with E-state index in [1.165, 1.54) is 25.1 Å². The molecule has 1 N–H and O–H groups in total. The molecule has 6 nitrogen and oxygen atoms in total. The summed E-state index contributed by atoms with van der Waals surface area (Å²) in [5.41, 5.74) is 0.155. The molecule has 7 heteroatoms. The first kappa shape index (κ1) is 15.7. The molecule has 22 heavy (non-hydrogen) atoms. The van der Waals surface area contributed by atoms with E-state index in [1.54, 1.807) is 19.1 Å². The number of nitrogens with zero attached hydrogens (tertiary/aromatic N) is 1. The zero-order chi connectivity index (χ0) is 16.1. The molecule has 0 aliphatic heterocycles. The molecular formula is C15H15FN2O4. The molecule has 2 aromatic rings. The van der Waals surface area contributed by atoms with Crippen molar-refractivity contribution in [2.45, 2.75) is 19.9 Å². The van der Waals surface area contributed by atoms with Gasteiger partial charge in [0.25, 0.3) is 5.91 Å². The normalized spacial score (nSPS) is 11.8. The van der Waals surface area contributed by atoms with E-state index in [9.17, 15) is 14.0 Å². The maximum Gasteiger partial charge on any atom is 0.328 e. The Balaban J connectivity index is 2.10. The van der Waals surface area contributed by atoms with Crippen LogP contribution in [0, 0.1) is 5.82 Å². The molecule has 2 rings (SSSR count). The number of rotatable bonds is 5. The highest BCUT2D eigenvalue weighted by atomic mass is 19.1. The van der Waals surface area contributed by atoms with Crippen molar-refractivity contribution in [2.75, 3.05) is 6.61 Å².